The predicted molar refractivity (Wildman–Crippen MR) is 130 cm³/mol. The summed E-state index contributed by atoms with van der Waals surface area (Å²) in [5.41, 5.74) is -2.70. The van der Waals surface area contributed by atoms with E-state index in [0.717, 1.165) is 19.3 Å². The van der Waals surface area contributed by atoms with Crippen molar-refractivity contribution in [3.05, 3.63) is 24.3 Å². The molecular formula is C27H40N2O6. The number of carbonyl (C=O) groups is 3. The Morgan fingerprint density at radius 1 is 1.06 bits per heavy atom. The van der Waals surface area contributed by atoms with Crippen molar-refractivity contribution in [1.82, 2.24) is 9.80 Å². The number of rotatable bonds is 6. The average Bonchev–Trinajstić information content (AvgIpc) is 3.17. The van der Waals surface area contributed by atoms with Gasteiger partial charge in [-0.15, -0.1) is 0 Å². The van der Waals surface area contributed by atoms with E-state index >= 15 is 0 Å². The van der Waals surface area contributed by atoms with Gasteiger partial charge in [0.25, 0.3) is 0 Å². The highest BCUT2D eigenvalue weighted by molar-refractivity contribution is 5.99. The first-order valence-corrected chi connectivity index (χ1v) is 13.1. The lowest BCUT2D eigenvalue weighted by molar-refractivity contribution is -0.162. The topological polar surface area (TPSA) is 96.4 Å². The Bertz CT molecular complexity index is 908. The van der Waals surface area contributed by atoms with Gasteiger partial charge in [-0.1, -0.05) is 31.2 Å². The minimum Gasteiger partial charge on any atom is -0.465 e. The molecular weight excluding hydrogens is 448 g/mol. The number of carbonyl (C=O) groups excluding carboxylic acids is 3. The van der Waals surface area contributed by atoms with Crippen LogP contribution >= 0.6 is 0 Å². The van der Waals surface area contributed by atoms with Crippen LogP contribution in [0.2, 0.25) is 0 Å². The van der Waals surface area contributed by atoms with Crippen LogP contribution in [0, 0.1) is 11.8 Å². The van der Waals surface area contributed by atoms with E-state index in [1.807, 2.05) is 52.0 Å². The van der Waals surface area contributed by atoms with Crippen LogP contribution in [0.3, 0.4) is 0 Å². The molecule has 2 amide bonds. The molecule has 1 unspecified atom stereocenters. The molecule has 0 aromatic rings. The third-order valence-corrected chi connectivity index (χ3v) is 8.00. The second-order valence-corrected chi connectivity index (χ2v) is 11.2. The number of amides is 2. The fourth-order valence-corrected chi connectivity index (χ4v) is 6.29. The van der Waals surface area contributed by atoms with Gasteiger partial charge in [0, 0.05) is 25.2 Å². The van der Waals surface area contributed by atoms with Gasteiger partial charge in [-0.05, 0) is 59.3 Å². The van der Waals surface area contributed by atoms with Crippen LogP contribution in [-0.4, -0.2) is 81.8 Å². The van der Waals surface area contributed by atoms with E-state index in [2.05, 4.69) is 0 Å². The Hall–Kier alpha value is -2.19. The SMILES string of the molecule is CC[C@@]12/C=C\CCCOC(=O)[C@@H]1[C@H]1C(=O)N(CCCCCO)C3C(=O)N(C(C)(C)C)CC=C[C@@]31O2. The lowest BCUT2D eigenvalue weighted by atomic mass is 9.73. The number of allylic oxidation sites excluding steroid dienone is 1. The molecule has 8 heteroatoms. The van der Waals surface area contributed by atoms with Crippen LogP contribution in [-0.2, 0) is 23.9 Å². The third kappa shape index (κ3) is 4.22. The van der Waals surface area contributed by atoms with Crippen molar-refractivity contribution in [3.8, 4) is 0 Å². The number of likely N-dealkylation sites (tertiary alicyclic amines) is 1. The average molecular weight is 489 g/mol. The monoisotopic (exact) mass is 488 g/mol. The van der Waals surface area contributed by atoms with Gasteiger partial charge in [0.05, 0.1) is 12.5 Å². The molecule has 4 aliphatic rings. The maximum atomic E-state index is 14.2. The summed E-state index contributed by atoms with van der Waals surface area (Å²) in [5.74, 6) is -2.46. The minimum absolute atomic E-state index is 0.0891. The molecule has 0 bridgehead atoms. The summed E-state index contributed by atoms with van der Waals surface area (Å²) in [6.07, 6.45) is 11.8. The number of hydrogen-bond acceptors (Lipinski definition) is 6. The summed E-state index contributed by atoms with van der Waals surface area (Å²) in [6.45, 7) is 9.08. The van der Waals surface area contributed by atoms with E-state index in [0.29, 0.717) is 39.0 Å². The molecule has 0 saturated carbocycles. The molecule has 0 aromatic heterocycles. The van der Waals surface area contributed by atoms with Gasteiger partial charge in [0.15, 0.2) is 0 Å². The first-order chi connectivity index (χ1) is 16.6. The maximum absolute atomic E-state index is 14.2. The first-order valence-electron chi connectivity index (χ1n) is 13.1. The number of esters is 1. The fourth-order valence-electron chi connectivity index (χ4n) is 6.29. The smallest absolute Gasteiger partial charge is 0.313 e. The zero-order chi connectivity index (χ0) is 25.4. The molecule has 0 radical (unpaired) electrons. The lowest BCUT2D eigenvalue weighted by Gasteiger charge is -2.41. The van der Waals surface area contributed by atoms with E-state index in [1.54, 1.807) is 9.80 Å². The number of aliphatic hydroxyl groups excluding tert-OH is 1. The highest BCUT2D eigenvalue weighted by Gasteiger charge is 2.75. The summed E-state index contributed by atoms with van der Waals surface area (Å²) in [7, 11) is 0. The zero-order valence-corrected chi connectivity index (χ0v) is 21.5. The van der Waals surface area contributed by atoms with E-state index < -0.39 is 40.6 Å². The quantitative estimate of drug-likeness (QED) is 0.351. The van der Waals surface area contributed by atoms with Crippen LogP contribution in [0.1, 0.15) is 66.2 Å². The molecule has 5 atom stereocenters. The molecule has 2 fully saturated rings. The summed E-state index contributed by atoms with van der Waals surface area (Å²) in [4.78, 5) is 45.2. The summed E-state index contributed by atoms with van der Waals surface area (Å²) >= 11 is 0. The molecule has 4 aliphatic heterocycles. The van der Waals surface area contributed by atoms with Crippen LogP contribution in [0.4, 0.5) is 0 Å². The van der Waals surface area contributed by atoms with Crippen molar-refractivity contribution in [2.45, 2.75) is 89.0 Å². The second kappa shape index (κ2) is 9.69. The van der Waals surface area contributed by atoms with Crippen LogP contribution in [0.5, 0.6) is 0 Å². The molecule has 35 heavy (non-hydrogen) atoms. The van der Waals surface area contributed by atoms with E-state index in [9.17, 15) is 19.5 Å². The van der Waals surface area contributed by atoms with Crippen molar-refractivity contribution in [2.75, 3.05) is 26.3 Å². The molecule has 4 heterocycles. The Labute approximate surface area is 208 Å². The summed E-state index contributed by atoms with van der Waals surface area (Å²) < 4.78 is 12.5. The summed E-state index contributed by atoms with van der Waals surface area (Å²) in [5, 5.41) is 9.19. The molecule has 194 valence electrons. The van der Waals surface area contributed by atoms with Crippen LogP contribution in [0.25, 0.3) is 0 Å². The van der Waals surface area contributed by atoms with Crippen molar-refractivity contribution in [2.24, 2.45) is 11.8 Å². The number of hydrogen-bond donors (Lipinski definition) is 1. The van der Waals surface area contributed by atoms with Crippen molar-refractivity contribution in [1.29, 1.82) is 0 Å². The fraction of sp³-hybridized carbons (Fsp3) is 0.741. The Morgan fingerprint density at radius 2 is 1.83 bits per heavy atom. The number of nitrogens with zero attached hydrogens (tertiary/aromatic N) is 2. The van der Waals surface area contributed by atoms with Gasteiger partial charge in [0.2, 0.25) is 11.8 Å². The maximum Gasteiger partial charge on any atom is 0.313 e. The minimum atomic E-state index is -1.24. The van der Waals surface area contributed by atoms with Gasteiger partial charge in [-0.3, -0.25) is 14.4 Å². The van der Waals surface area contributed by atoms with Gasteiger partial charge in [-0.2, -0.15) is 0 Å². The van der Waals surface area contributed by atoms with Crippen LogP contribution in [0.15, 0.2) is 24.3 Å². The Kier molecular flexibility index (Phi) is 7.17. The number of fused-ring (bicyclic) bond motifs is 2. The molecule has 4 rings (SSSR count). The largest absolute Gasteiger partial charge is 0.465 e. The van der Waals surface area contributed by atoms with Crippen molar-refractivity contribution >= 4 is 17.8 Å². The number of aliphatic hydroxyl groups is 1. The van der Waals surface area contributed by atoms with Gasteiger partial charge in [-0.25, -0.2) is 0 Å². The molecule has 2 saturated heterocycles. The molecule has 1 spiro atoms. The Morgan fingerprint density at radius 3 is 2.51 bits per heavy atom. The predicted octanol–water partition coefficient (Wildman–Crippen LogP) is 2.60. The third-order valence-electron chi connectivity index (χ3n) is 8.00. The molecule has 0 aliphatic carbocycles. The number of unbranched alkanes of at least 4 members (excludes halogenated alkanes) is 2. The van der Waals surface area contributed by atoms with Crippen molar-refractivity contribution < 1.29 is 29.0 Å². The van der Waals surface area contributed by atoms with Crippen LogP contribution < -0.4 is 0 Å². The van der Waals surface area contributed by atoms with Gasteiger partial charge >= 0.3 is 5.97 Å². The zero-order valence-electron chi connectivity index (χ0n) is 21.5. The highest BCUT2D eigenvalue weighted by atomic mass is 16.6. The Balaban J connectivity index is 1.84. The van der Waals surface area contributed by atoms with Crippen molar-refractivity contribution in [3.63, 3.8) is 0 Å². The normalized spacial score (nSPS) is 36.0. The molecule has 8 nitrogen and oxygen atoms in total. The number of ether oxygens (including phenoxy) is 2. The lowest BCUT2D eigenvalue weighted by Crippen LogP contribution is -2.59. The molecule has 0 aromatic carbocycles. The second-order valence-electron chi connectivity index (χ2n) is 11.2. The van der Waals surface area contributed by atoms with Gasteiger partial charge < -0.3 is 24.4 Å². The van der Waals surface area contributed by atoms with E-state index in [1.165, 1.54) is 0 Å². The van der Waals surface area contributed by atoms with E-state index in [-0.39, 0.29) is 18.4 Å². The van der Waals surface area contributed by atoms with Gasteiger partial charge in [0.1, 0.15) is 23.2 Å². The standard InChI is InChI=1S/C27H40N2O6/c1-5-26-13-8-6-11-18-34-24(33)20(26)19-22(31)28(15-9-7-10-17-30)21-23(32)29(25(2,3)4)16-12-14-27(19,21)35-26/h8,12-14,19-21,30H,5-7,9-11,15-18H2,1-4H3/b13-8-/t19-,20-,21?,26+,27-/m0/s1. The summed E-state index contributed by atoms with van der Waals surface area (Å²) in [6, 6.07) is -0.854. The first kappa shape index (κ1) is 25.9. The highest BCUT2D eigenvalue weighted by Crippen LogP contribution is 2.58. The number of cyclic esters (lactones) is 1. The molecule has 1 N–H and O–H groups in total. The van der Waals surface area contributed by atoms with E-state index in [4.69, 9.17) is 9.47 Å².